The molecule has 1 aromatic carbocycles. The van der Waals surface area contributed by atoms with Gasteiger partial charge in [0.15, 0.2) is 5.78 Å². The molecule has 2 aromatic rings. The molecule has 122 valence electrons. The van der Waals surface area contributed by atoms with E-state index in [0.717, 1.165) is 36.1 Å². The van der Waals surface area contributed by atoms with E-state index in [0.29, 0.717) is 5.69 Å². The maximum Gasteiger partial charge on any atom is 0.181 e. The van der Waals surface area contributed by atoms with Crippen LogP contribution in [0.5, 0.6) is 0 Å². The average molecular weight is 332 g/mol. The second-order valence-corrected chi connectivity index (χ2v) is 6.70. The van der Waals surface area contributed by atoms with Crippen molar-refractivity contribution < 1.29 is 9.18 Å². The molecule has 0 saturated carbocycles. The van der Waals surface area contributed by atoms with E-state index in [1.807, 2.05) is 18.2 Å². The third kappa shape index (κ3) is 5.13. The summed E-state index contributed by atoms with van der Waals surface area (Å²) in [6, 6.07) is 8.44. The Labute approximate surface area is 140 Å². The summed E-state index contributed by atoms with van der Waals surface area (Å²) in [7, 11) is 0. The van der Waals surface area contributed by atoms with Crippen LogP contribution in [0.4, 0.5) is 4.39 Å². The van der Waals surface area contributed by atoms with Crippen molar-refractivity contribution in [1.82, 2.24) is 10.2 Å². The highest BCUT2D eigenvalue weighted by Gasteiger charge is 2.17. The molecular weight excluding hydrogens is 311 g/mol. The van der Waals surface area contributed by atoms with E-state index in [9.17, 15) is 9.18 Å². The van der Waals surface area contributed by atoms with Gasteiger partial charge in [0.1, 0.15) is 11.5 Å². The molecule has 23 heavy (non-hydrogen) atoms. The molecule has 1 aromatic heterocycles. The fourth-order valence-electron chi connectivity index (χ4n) is 2.36. The molecule has 5 heteroatoms. The number of Topliss-reactive ketones (excluding diaryl/α,β-unsaturated/α-hetero) is 1. The summed E-state index contributed by atoms with van der Waals surface area (Å²) in [5, 5.41) is 7.93. The lowest BCUT2D eigenvalue weighted by Gasteiger charge is -2.18. The van der Waals surface area contributed by atoms with E-state index < -0.39 is 0 Å². The first-order chi connectivity index (χ1) is 11.1. The number of hydrogen-bond acceptors (Lipinski definition) is 4. The number of carbonyl (C=O) groups excluding carboxylic acids is 1. The van der Waals surface area contributed by atoms with Crippen LogP contribution in [0, 0.1) is 5.82 Å². The van der Waals surface area contributed by atoms with Crippen LogP contribution in [-0.4, -0.2) is 16.0 Å². The fraction of sp³-hybridized carbons (Fsp3) is 0.389. The number of hydrogen-bond donors (Lipinski definition) is 0. The quantitative estimate of drug-likeness (QED) is 0.377. The van der Waals surface area contributed by atoms with Crippen molar-refractivity contribution in [2.75, 3.05) is 0 Å². The second kappa shape index (κ2) is 8.77. The predicted molar refractivity (Wildman–Crippen MR) is 91.2 cm³/mol. The largest absolute Gasteiger partial charge is 0.293 e. The maximum atomic E-state index is 13.2. The summed E-state index contributed by atoms with van der Waals surface area (Å²) >= 11 is 1.61. The van der Waals surface area contributed by atoms with Gasteiger partial charge in [-0.15, -0.1) is 16.9 Å². The van der Waals surface area contributed by atoms with Crippen molar-refractivity contribution in [2.45, 2.75) is 49.7 Å². The predicted octanol–water partition coefficient (Wildman–Crippen LogP) is 5.23. The van der Waals surface area contributed by atoms with Gasteiger partial charge in [0.2, 0.25) is 0 Å². The zero-order valence-electron chi connectivity index (χ0n) is 13.5. The average Bonchev–Trinajstić information content (AvgIpc) is 2.55. The molecule has 0 aliphatic carbocycles. The lowest BCUT2D eigenvalue weighted by atomic mass is 10.1. The summed E-state index contributed by atoms with van der Waals surface area (Å²) < 4.78 is 13.2. The first-order valence-electron chi connectivity index (χ1n) is 7.86. The topological polar surface area (TPSA) is 42.9 Å². The number of halogens is 1. The molecule has 0 N–H and O–H groups in total. The van der Waals surface area contributed by atoms with Gasteiger partial charge >= 0.3 is 0 Å². The molecule has 0 amide bonds. The number of rotatable bonds is 8. The van der Waals surface area contributed by atoms with Crippen LogP contribution >= 0.6 is 11.8 Å². The Morgan fingerprint density at radius 3 is 2.61 bits per heavy atom. The van der Waals surface area contributed by atoms with Gasteiger partial charge in [-0.05, 0) is 30.2 Å². The fourth-order valence-corrected chi connectivity index (χ4v) is 3.68. The van der Waals surface area contributed by atoms with Gasteiger partial charge in [0, 0.05) is 17.1 Å². The number of thioether (sulfide) groups is 1. The molecule has 0 saturated heterocycles. The number of unbranched alkanes of at least 4 members (excludes halogenated alkanes) is 2. The summed E-state index contributed by atoms with van der Waals surface area (Å²) in [5.41, 5.74) is 1.47. The molecule has 1 unspecified atom stereocenters. The summed E-state index contributed by atoms with van der Waals surface area (Å²) in [4.78, 5) is 12.6. The number of benzene rings is 1. The molecular formula is C18H21FN2OS. The lowest BCUT2D eigenvalue weighted by molar-refractivity contribution is 0.100. The number of aromatic nitrogens is 2. The SMILES string of the molecule is CCCCCC(Sc1ccnnc1C(C)=O)c1ccc(F)cc1. The Bertz CT molecular complexity index is 646. The summed E-state index contributed by atoms with van der Waals surface area (Å²) in [6.07, 6.45) is 5.98. The number of ketones is 1. The van der Waals surface area contributed by atoms with Gasteiger partial charge in [-0.1, -0.05) is 38.3 Å². The van der Waals surface area contributed by atoms with Crippen LogP contribution in [0.3, 0.4) is 0 Å². The Balaban J connectivity index is 2.23. The first-order valence-corrected chi connectivity index (χ1v) is 8.74. The molecule has 0 aliphatic rings. The van der Waals surface area contributed by atoms with Gasteiger partial charge in [0.25, 0.3) is 0 Å². The maximum absolute atomic E-state index is 13.2. The van der Waals surface area contributed by atoms with Crippen molar-refractivity contribution in [3.63, 3.8) is 0 Å². The molecule has 3 nitrogen and oxygen atoms in total. The normalized spacial score (nSPS) is 12.1. The molecule has 0 aliphatic heterocycles. The Morgan fingerprint density at radius 1 is 1.22 bits per heavy atom. The highest BCUT2D eigenvalue weighted by Crippen LogP contribution is 2.40. The van der Waals surface area contributed by atoms with Crippen LogP contribution in [0.25, 0.3) is 0 Å². The standard InChI is InChI=1S/C18H21FN2OS/c1-3-4-5-6-16(14-7-9-15(19)10-8-14)23-17-11-12-20-21-18(17)13(2)22/h7-12,16H,3-6H2,1-2H3. The molecule has 0 radical (unpaired) electrons. The molecule has 0 bridgehead atoms. The van der Waals surface area contributed by atoms with Gasteiger partial charge in [-0.2, -0.15) is 5.10 Å². The highest BCUT2D eigenvalue weighted by atomic mass is 32.2. The second-order valence-electron chi connectivity index (χ2n) is 5.45. The molecule has 0 fully saturated rings. The monoisotopic (exact) mass is 332 g/mol. The van der Waals surface area contributed by atoms with Crippen LogP contribution < -0.4 is 0 Å². The van der Waals surface area contributed by atoms with Crippen LogP contribution in [0.15, 0.2) is 41.4 Å². The zero-order valence-corrected chi connectivity index (χ0v) is 14.3. The summed E-state index contributed by atoms with van der Waals surface area (Å²) in [5.74, 6) is -0.326. The van der Waals surface area contributed by atoms with Crippen LogP contribution in [0.1, 0.15) is 60.8 Å². The minimum atomic E-state index is -0.235. The third-order valence-electron chi connectivity index (χ3n) is 3.60. The third-order valence-corrected chi connectivity index (χ3v) is 4.97. The van der Waals surface area contributed by atoms with Crippen molar-refractivity contribution in [3.8, 4) is 0 Å². The number of carbonyl (C=O) groups is 1. The van der Waals surface area contributed by atoms with Crippen molar-refractivity contribution in [3.05, 3.63) is 53.6 Å². The molecule has 0 spiro atoms. The van der Waals surface area contributed by atoms with E-state index in [1.165, 1.54) is 19.1 Å². The van der Waals surface area contributed by atoms with E-state index in [2.05, 4.69) is 17.1 Å². The van der Waals surface area contributed by atoms with Gasteiger partial charge in [-0.25, -0.2) is 4.39 Å². The van der Waals surface area contributed by atoms with E-state index in [-0.39, 0.29) is 16.9 Å². The van der Waals surface area contributed by atoms with Gasteiger partial charge in [-0.3, -0.25) is 4.79 Å². The van der Waals surface area contributed by atoms with Crippen molar-refractivity contribution in [2.24, 2.45) is 0 Å². The van der Waals surface area contributed by atoms with Crippen molar-refractivity contribution >= 4 is 17.5 Å². The Hall–Kier alpha value is -1.75. The van der Waals surface area contributed by atoms with E-state index >= 15 is 0 Å². The number of nitrogens with zero attached hydrogens (tertiary/aromatic N) is 2. The summed E-state index contributed by atoms with van der Waals surface area (Å²) in [6.45, 7) is 3.67. The molecule has 2 rings (SSSR count). The Kier molecular flexibility index (Phi) is 6.71. The Morgan fingerprint density at radius 2 is 1.96 bits per heavy atom. The zero-order chi connectivity index (χ0) is 16.7. The first kappa shape index (κ1) is 17.6. The minimum absolute atomic E-state index is 0.0907. The van der Waals surface area contributed by atoms with Crippen LogP contribution in [-0.2, 0) is 0 Å². The van der Waals surface area contributed by atoms with Gasteiger partial charge < -0.3 is 0 Å². The van der Waals surface area contributed by atoms with Crippen LogP contribution in [0.2, 0.25) is 0 Å². The highest BCUT2D eigenvalue weighted by molar-refractivity contribution is 7.99. The van der Waals surface area contributed by atoms with Gasteiger partial charge in [0.05, 0.1) is 6.20 Å². The molecule has 1 heterocycles. The van der Waals surface area contributed by atoms with E-state index in [4.69, 9.17) is 0 Å². The van der Waals surface area contributed by atoms with Crippen molar-refractivity contribution in [1.29, 1.82) is 0 Å². The minimum Gasteiger partial charge on any atom is -0.293 e. The van der Waals surface area contributed by atoms with E-state index in [1.54, 1.807) is 18.0 Å². The lowest BCUT2D eigenvalue weighted by Crippen LogP contribution is -2.03. The molecule has 1 atom stereocenters. The smallest absolute Gasteiger partial charge is 0.181 e.